The van der Waals surface area contributed by atoms with E-state index in [2.05, 4.69) is 23.8 Å². The zero-order chi connectivity index (χ0) is 9.31. The summed E-state index contributed by atoms with van der Waals surface area (Å²) in [4.78, 5) is 0. The quantitative estimate of drug-likeness (QED) is 0.590. The normalized spacial score (nSPS) is 27.4. The maximum absolute atomic E-state index is 4.02. The second-order valence-electron chi connectivity index (χ2n) is 4.44. The number of allylic oxidation sites excluding steroid dienone is 2. The number of hydrogen-bond donors (Lipinski definition) is 2. The van der Waals surface area contributed by atoms with Crippen LogP contribution in [0.5, 0.6) is 0 Å². The molecule has 0 amide bonds. The Balaban J connectivity index is 2.11. The summed E-state index contributed by atoms with van der Waals surface area (Å²) >= 11 is 0. The summed E-state index contributed by atoms with van der Waals surface area (Å²) in [6.45, 7) is 10.4. The van der Waals surface area contributed by atoms with Crippen molar-refractivity contribution in [3.05, 3.63) is 24.6 Å². The molecule has 0 saturated carbocycles. The molecule has 2 fully saturated rings. The van der Waals surface area contributed by atoms with Gasteiger partial charge in [-0.3, -0.25) is 0 Å². The molecule has 0 aromatic carbocycles. The Morgan fingerprint density at radius 1 is 1.00 bits per heavy atom. The molecule has 0 aromatic heterocycles. The van der Waals surface area contributed by atoms with Crippen molar-refractivity contribution in [3.8, 4) is 0 Å². The maximum Gasteiger partial charge on any atom is 0.00811 e. The third kappa shape index (κ3) is 1.78. The van der Waals surface area contributed by atoms with Crippen LogP contribution in [0.3, 0.4) is 0 Å². The molecule has 2 heteroatoms. The molecule has 2 rings (SSSR count). The molecule has 2 nitrogen and oxygen atoms in total. The van der Waals surface area contributed by atoms with E-state index in [4.69, 9.17) is 0 Å². The van der Waals surface area contributed by atoms with Gasteiger partial charge in [0.2, 0.25) is 0 Å². The van der Waals surface area contributed by atoms with Crippen LogP contribution in [-0.2, 0) is 0 Å². The number of nitrogens with one attached hydrogen (secondary N) is 2. The lowest BCUT2D eigenvalue weighted by atomic mass is 9.70. The third-order valence-electron chi connectivity index (χ3n) is 3.19. The van der Waals surface area contributed by atoms with Gasteiger partial charge in [-0.2, -0.15) is 0 Å². The first kappa shape index (κ1) is 8.82. The molecule has 0 atom stereocenters. The first-order valence-electron chi connectivity index (χ1n) is 5.04. The fourth-order valence-corrected chi connectivity index (χ4v) is 2.62. The molecule has 13 heavy (non-hydrogen) atoms. The lowest BCUT2D eigenvalue weighted by molar-refractivity contribution is 0.179. The first-order chi connectivity index (χ1) is 6.20. The second-order valence-corrected chi connectivity index (χ2v) is 4.44. The first-order valence-corrected chi connectivity index (χ1v) is 5.04. The van der Waals surface area contributed by atoms with E-state index in [1.54, 1.807) is 0 Å². The molecule has 2 aliphatic rings. The predicted octanol–water partition coefficient (Wildman–Crippen LogP) is 1.77. The zero-order valence-corrected chi connectivity index (χ0v) is 8.16. The predicted molar refractivity (Wildman–Crippen MR) is 55.2 cm³/mol. The Morgan fingerprint density at radius 2 is 1.54 bits per heavy atom. The molecule has 0 bridgehead atoms. The highest BCUT2D eigenvalue weighted by molar-refractivity contribution is 5.16. The molecule has 0 radical (unpaired) electrons. The summed E-state index contributed by atoms with van der Waals surface area (Å²) in [5.41, 5.74) is 2.78. The van der Waals surface area contributed by atoms with Gasteiger partial charge in [0.05, 0.1) is 0 Å². The smallest absolute Gasteiger partial charge is 0.00811 e. The van der Waals surface area contributed by atoms with E-state index in [-0.39, 0.29) is 0 Å². The van der Waals surface area contributed by atoms with Gasteiger partial charge in [-0.1, -0.05) is 13.2 Å². The van der Waals surface area contributed by atoms with Crippen molar-refractivity contribution in [3.63, 3.8) is 0 Å². The van der Waals surface area contributed by atoms with E-state index in [0.717, 1.165) is 37.3 Å². The third-order valence-corrected chi connectivity index (χ3v) is 3.19. The molecule has 72 valence electrons. The van der Waals surface area contributed by atoms with Gasteiger partial charge in [-0.15, -0.1) is 0 Å². The summed E-state index contributed by atoms with van der Waals surface area (Å²) in [7, 11) is 0. The van der Waals surface area contributed by atoms with Gasteiger partial charge in [0.15, 0.2) is 0 Å². The minimum atomic E-state index is 0.477. The summed E-state index contributed by atoms with van der Waals surface area (Å²) in [6, 6.07) is 0. The lowest BCUT2D eigenvalue weighted by Crippen LogP contribution is -2.41. The second kappa shape index (κ2) is 3.18. The topological polar surface area (TPSA) is 24.1 Å². The van der Waals surface area contributed by atoms with Crippen LogP contribution in [0.25, 0.3) is 0 Å². The van der Waals surface area contributed by atoms with Crippen LogP contribution < -0.4 is 10.6 Å². The lowest BCUT2D eigenvalue weighted by Gasteiger charge is -2.42. The molecule has 2 saturated heterocycles. The van der Waals surface area contributed by atoms with Gasteiger partial charge < -0.3 is 10.6 Å². The molecule has 2 heterocycles. The van der Waals surface area contributed by atoms with Gasteiger partial charge in [-0.25, -0.2) is 0 Å². The molecule has 0 aliphatic carbocycles. The van der Waals surface area contributed by atoms with Crippen LogP contribution in [0.2, 0.25) is 0 Å². The molecule has 2 N–H and O–H groups in total. The van der Waals surface area contributed by atoms with Gasteiger partial charge in [0.1, 0.15) is 0 Å². The van der Waals surface area contributed by atoms with Crippen molar-refractivity contribution in [1.82, 2.24) is 10.6 Å². The summed E-state index contributed by atoms with van der Waals surface area (Å²) in [5.74, 6) is 0. The zero-order valence-electron chi connectivity index (χ0n) is 8.16. The van der Waals surface area contributed by atoms with Gasteiger partial charge in [0, 0.05) is 11.4 Å². The average molecular weight is 178 g/mol. The highest BCUT2D eigenvalue weighted by Crippen LogP contribution is 2.42. The van der Waals surface area contributed by atoms with Crippen molar-refractivity contribution in [2.24, 2.45) is 5.41 Å². The summed E-state index contributed by atoms with van der Waals surface area (Å²) < 4.78 is 0. The monoisotopic (exact) mass is 178 g/mol. The fourth-order valence-electron chi connectivity index (χ4n) is 2.62. The maximum atomic E-state index is 4.02. The van der Waals surface area contributed by atoms with Crippen LogP contribution in [0.1, 0.15) is 25.7 Å². The van der Waals surface area contributed by atoms with E-state index in [9.17, 15) is 0 Å². The van der Waals surface area contributed by atoms with Crippen LogP contribution in [0, 0.1) is 5.41 Å². The Labute approximate surface area is 80.1 Å². The van der Waals surface area contributed by atoms with Crippen molar-refractivity contribution >= 4 is 0 Å². The number of rotatable bonds is 0. The standard InChI is InChI=1S/C11H18N2/c1-9-7-11(8-10(2)13-9)3-5-12-6-4-11/h12-13H,1-8H2. The van der Waals surface area contributed by atoms with E-state index in [0.29, 0.717) is 5.41 Å². The van der Waals surface area contributed by atoms with Gasteiger partial charge >= 0.3 is 0 Å². The minimum Gasteiger partial charge on any atom is -0.363 e. The van der Waals surface area contributed by atoms with E-state index in [1.165, 1.54) is 12.8 Å². The summed E-state index contributed by atoms with van der Waals surface area (Å²) in [5, 5.41) is 6.65. The average Bonchev–Trinajstić information content (AvgIpc) is 2.02. The SMILES string of the molecule is C=C1CC2(CCNCC2)CC(=C)N1. The van der Waals surface area contributed by atoms with E-state index < -0.39 is 0 Å². The largest absolute Gasteiger partial charge is 0.363 e. The Hall–Kier alpha value is -0.760. The molecule has 2 aliphatic heterocycles. The van der Waals surface area contributed by atoms with Crippen molar-refractivity contribution in [2.75, 3.05) is 13.1 Å². The number of piperidine rings is 2. The molecule has 0 aromatic rings. The summed E-state index contributed by atoms with van der Waals surface area (Å²) in [6.07, 6.45) is 4.81. The number of hydrogen-bond acceptors (Lipinski definition) is 2. The highest BCUT2D eigenvalue weighted by atomic mass is 14.9. The molecular weight excluding hydrogens is 160 g/mol. The van der Waals surface area contributed by atoms with Crippen LogP contribution in [0.15, 0.2) is 24.6 Å². The van der Waals surface area contributed by atoms with E-state index >= 15 is 0 Å². The van der Waals surface area contributed by atoms with Gasteiger partial charge in [0.25, 0.3) is 0 Å². The fraction of sp³-hybridized carbons (Fsp3) is 0.636. The molecular formula is C11H18N2. The highest BCUT2D eigenvalue weighted by Gasteiger charge is 2.35. The van der Waals surface area contributed by atoms with Crippen LogP contribution >= 0.6 is 0 Å². The van der Waals surface area contributed by atoms with Crippen molar-refractivity contribution in [2.45, 2.75) is 25.7 Å². The van der Waals surface area contributed by atoms with E-state index in [1.807, 2.05) is 0 Å². The Morgan fingerprint density at radius 3 is 2.08 bits per heavy atom. The Kier molecular flexibility index (Phi) is 2.16. The van der Waals surface area contributed by atoms with Crippen molar-refractivity contribution in [1.29, 1.82) is 0 Å². The molecule has 1 spiro atoms. The Bertz CT molecular complexity index is 218. The molecule has 0 unspecified atom stereocenters. The minimum absolute atomic E-state index is 0.477. The van der Waals surface area contributed by atoms with Crippen LogP contribution in [0.4, 0.5) is 0 Å². The van der Waals surface area contributed by atoms with Crippen molar-refractivity contribution < 1.29 is 0 Å². The van der Waals surface area contributed by atoms with Gasteiger partial charge in [-0.05, 0) is 44.2 Å². The van der Waals surface area contributed by atoms with Crippen LogP contribution in [-0.4, -0.2) is 13.1 Å².